The Labute approximate surface area is 191 Å². The first kappa shape index (κ1) is 21.8. The predicted octanol–water partition coefficient (Wildman–Crippen LogP) is 5.33. The van der Waals surface area contributed by atoms with Crippen molar-refractivity contribution < 1.29 is 14.3 Å². The molecular formula is C24H16ClFN2O3S. The van der Waals surface area contributed by atoms with E-state index in [1.54, 1.807) is 0 Å². The normalized spacial score (nSPS) is 11.0. The summed E-state index contributed by atoms with van der Waals surface area (Å²) < 4.78 is 15.0. The van der Waals surface area contributed by atoms with Crippen molar-refractivity contribution in [3.8, 4) is 11.9 Å². The van der Waals surface area contributed by atoms with E-state index in [4.69, 9.17) is 11.6 Å². The van der Waals surface area contributed by atoms with Crippen LogP contribution in [0, 0.1) is 31.0 Å². The van der Waals surface area contributed by atoms with Gasteiger partial charge in [-0.25, -0.2) is 4.39 Å². The molecule has 0 aliphatic heterocycles. The van der Waals surface area contributed by atoms with Gasteiger partial charge in [0.1, 0.15) is 17.4 Å². The van der Waals surface area contributed by atoms with Gasteiger partial charge >= 0.3 is 0 Å². The molecule has 0 saturated heterocycles. The lowest BCUT2D eigenvalue weighted by atomic mass is 10.00. The Morgan fingerprint density at radius 3 is 2.56 bits per heavy atom. The van der Waals surface area contributed by atoms with E-state index in [2.05, 4.69) is 0 Å². The maximum Gasteiger partial charge on any atom is 0.271 e. The second-order valence-corrected chi connectivity index (χ2v) is 8.83. The number of nitriles is 1. The van der Waals surface area contributed by atoms with Crippen molar-refractivity contribution in [1.29, 1.82) is 5.26 Å². The Morgan fingerprint density at radius 1 is 1.22 bits per heavy atom. The molecule has 8 heteroatoms. The summed E-state index contributed by atoms with van der Waals surface area (Å²) >= 11 is 7.67. The number of aromatic hydroxyl groups is 1. The summed E-state index contributed by atoms with van der Waals surface area (Å²) in [6.07, 6.45) is 0. The molecule has 0 spiro atoms. The molecule has 0 amide bonds. The van der Waals surface area contributed by atoms with Gasteiger partial charge in [-0.2, -0.15) is 5.26 Å². The van der Waals surface area contributed by atoms with E-state index in [1.165, 1.54) is 42.5 Å². The Balaban J connectivity index is 1.91. The number of halogens is 2. The molecular weight excluding hydrogens is 451 g/mol. The molecule has 2 aromatic heterocycles. The van der Waals surface area contributed by atoms with E-state index in [0.717, 1.165) is 14.8 Å². The maximum atomic E-state index is 13.5. The summed E-state index contributed by atoms with van der Waals surface area (Å²) in [6, 6.07) is 12.8. The minimum absolute atomic E-state index is 0.0834. The van der Waals surface area contributed by atoms with E-state index in [9.17, 15) is 24.3 Å². The highest BCUT2D eigenvalue weighted by molar-refractivity contribution is 7.21. The summed E-state index contributed by atoms with van der Waals surface area (Å²) in [6.45, 7) is 3.23. The third-order valence-electron chi connectivity index (χ3n) is 5.27. The summed E-state index contributed by atoms with van der Waals surface area (Å²) in [4.78, 5) is 26.5. The third-order valence-corrected chi connectivity index (χ3v) is 6.93. The highest BCUT2D eigenvalue weighted by Gasteiger charge is 2.28. The maximum absolute atomic E-state index is 13.5. The zero-order valence-corrected chi connectivity index (χ0v) is 18.6. The molecule has 160 valence electrons. The third kappa shape index (κ3) is 3.58. The topological polar surface area (TPSA) is 83.1 Å². The molecule has 32 heavy (non-hydrogen) atoms. The van der Waals surface area contributed by atoms with Gasteiger partial charge in [0, 0.05) is 10.1 Å². The van der Waals surface area contributed by atoms with Crippen molar-refractivity contribution in [1.82, 2.24) is 4.57 Å². The van der Waals surface area contributed by atoms with Crippen LogP contribution in [-0.4, -0.2) is 15.5 Å². The van der Waals surface area contributed by atoms with Gasteiger partial charge in [0.25, 0.3) is 5.56 Å². The van der Waals surface area contributed by atoms with Crippen molar-refractivity contribution in [3.05, 3.63) is 96.4 Å². The Kier molecular flexibility index (Phi) is 5.59. The van der Waals surface area contributed by atoms with Gasteiger partial charge in [0.15, 0.2) is 0 Å². The van der Waals surface area contributed by atoms with Crippen molar-refractivity contribution in [3.63, 3.8) is 0 Å². The van der Waals surface area contributed by atoms with E-state index >= 15 is 0 Å². The number of pyridine rings is 1. The summed E-state index contributed by atoms with van der Waals surface area (Å²) in [5.74, 6) is -1.59. The highest BCUT2D eigenvalue weighted by Crippen LogP contribution is 2.38. The molecule has 0 fully saturated rings. The Bertz CT molecular complexity index is 1500. The SMILES string of the molecule is Cc1ccc2c(Cl)c(C(=O)c3c(C)c(C#N)c(=O)n(Cc4ccc(F)cc4)c3O)sc2c1. The zero-order chi connectivity index (χ0) is 23.2. The predicted molar refractivity (Wildman–Crippen MR) is 122 cm³/mol. The van der Waals surface area contributed by atoms with Crippen LogP contribution in [0.1, 0.15) is 37.5 Å². The molecule has 0 aliphatic rings. The largest absolute Gasteiger partial charge is 0.494 e. The highest BCUT2D eigenvalue weighted by atomic mass is 35.5. The average Bonchev–Trinajstić information content (AvgIpc) is 3.08. The molecule has 0 aliphatic carbocycles. The van der Waals surface area contributed by atoms with Gasteiger partial charge in [-0.1, -0.05) is 35.9 Å². The van der Waals surface area contributed by atoms with Crippen LogP contribution >= 0.6 is 22.9 Å². The van der Waals surface area contributed by atoms with Crippen molar-refractivity contribution in [2.75, 3.05) is 0 Å². The van der Waals surface area contributed by atoms with Gasteiger partial charge < -0.3 is 5.11 Å². The number of aryl methyl sites for hydroxylation is 1. The number of carbonyl (C=O) groups excluding carboxylic acids is 1. The standard InChI is InChI=1S/C24H16ClFN2O3S/c1-12-3-8-16-18(9-12)32-22(20(16)25)21(29)19-13(2)17(10-27)23(30)28(24(19)31)11-14-4-6-15(26)7-5-14/h3-9,31H,11H2,1-2H3. The number of carbonyl (C=O) groups is 1. The van der Waals surface area contributed by atoms with E-state index in [1.807, 2.05) is 31.2 Å². The molecule has 1 N–H and O–H groups in total. The molecule has 2 aromatic carbocycles. The molecule has 5 nitrogen and oxygen atoms in total. The minimum Gasteiger partial charge on any atom is -0.494 e. The number of hydrogen-bond acceptors (Lipinski definition) is 5. The van der Waals surface area contributed by atoms with Crippen LogP contribution in [0.3, 0.4) is 0 Å². The van der Waals surface area contributed by atoms with Gasteiger partial charge in [-0.3, -0.25) is 14.2 Å². The van der Waals surface area contributed by atoms with Crippen LogP contribution in [0.25, 0.3) is 10.1 Å². The van der Waals surface area contributed by atoms with Crippen molar-refractivity contribution in [2.24, 2.45) is 0 Å². The van der Waals surface area contributed by atoms with Gasteiger partial charge in [0.2, 0.25) is 11.7 Å². The average molecular weight is 467 g/mol. The van der Waals surface area contributed by atoms with Gasteiger partial charge in [-0.15, -0.1) is 11.3 Å². The van der Waals surface area contributed by atoms with Gasteiger partial charge in [0.05, 0.1) is 22.0 Å². The van der Waals surface area contributed by atoms with Crippen molar-refractivity contribution in [2.45, 2.75) is 20.4 Å². The molecule has 2 heterocycles. The molecule has 4 aromatic rings. The molecule has 0 unspecified atom stereocenters. The van der Waals surface area contributed by atoms with Gasteiger partial charge in [-0.05, 0) is 48.7 Å². The summed E-state index contributed by atoms with van der Waals surface area (Å²) in [5, 5.41) is 21.5. The Hall–Kier alpha value is -3.47. The smallest absolute Gasteiger partial charge is 0.271 e. The molecule has 0 bridgehead atoms. The first-order chi connectivity index (χ1) is 15.2. The number of benzene rings is 2. The number of thiophene rings is 1. The fourth-order valence-electron chi connectivity index (χ4n) is 3.57. The number of aromatic nitrogens is 1. The van der Waals surface area contributed by atoms with Crippen LogP contribution in [0.5, 0.6) is 5.88 Å². The van der Waals surface area contributed by atoms with E-state index in [-0.39, 0.29) is 33.1 Å². The molecule has 0 saturated carbocycles. The Morgan fingerprint density at radius 2 is 1.91 bits per heavy atom. The lowest BCUT2D eigenvalue weighted by molar-refractivity contribution is 0.103. The second-order valence-electron chi connectivity index (χ2n) is 7.40. The number of nitrogens with zero attached hydrogens (tertiary/aromatic N) is 2. The number of fused-ring (bicyclic) bond motifs is 1. The number of ketones is 1. The van der Waals surface area contributed by atoms with Crippen LogP contribution in [0.15, 0.2) is 47.3 Å². The lowest BCUT2D eigenvalue weighted by Gasteiger charge is -2.15. The molecule has 4 rings (SSSR count). The quantitative estimate of drug-likeness (QED) is 0.412. The second kappa shape index (κ2) is 8.23. The van der Waals surface area contributed by atoms with Crippen LogP contribution in [-0.2, 0) is 6.54 Å². The van der Waals surface area contributed by atoms with Crippen LogP contribution in [0.4, 0.5) is 4.39 Å². The monoisotopic (exact) mass is 466 g/mol. The molecule has 0 atom stereocenters. The lowest BCUT2D eigenvalue weighted by Crippen LogP contribution is -2.27. The molecule has 0 radical (unpaired) electrons. The fraction of sp³-hybridized carbons (Fsp3) is 0.125. The summed E-state index contributed by atoms with van der Waals surface area (Å²) in [7, 11) is 0. The van der Waals surface area contributed by atoms with Crippen LogP contribution in [0.2, 0.25) is 5.02 Å². The first-order valence-corrected chi connectivity index (χ1v) is 10.8. The van der Waals surface area contributed by atoms with E-state index in [0.29, 0.717) is 10.9 Å². The first-order valence-electron chi connectivity index (χ1n) is 9.57. The fourth-order valence-corrected chi connectivity index (χ4v) is 5.14. The van der Waals surface area contributed by atoms with E-state index < -0.39 is 23.0 Å². The number of hydrogen-bond donors (Lipinski definition) is 1. The number of rotatable bonds is 4. The summed E-state index contributed by atoms with van der Waals surface area (Å²) in [5.41, 5.74) is 0.467. The van der Waals surface area contributed by atoms with Crippen LogP contribution < -0.4 is 5.56 Å². The minimum atomic E-state index is -0.735. The van der Waals surface area contributed by atoms with Crippen molar-refractivity contribution >= 4 is 38.8 Å². The zero-order valence-electron chi connectivity index (χ0n) is 17.1.